The van der Waals surface area contributed by atoms with E-state index in [2.05, 4.69) is 10.6 Å². The van der Waals surface area contributed by atoms with Crippen molar-refractivity contribution in [2.45, 2.75) is 56.6 Å². The number of hydrogen-bond acceptors (Lipinski definition) is 4. The van der Waals surface area contributed by atoms with Crippen molar-refractivity contribution in [1.82, 2.24) is 5.32 Å². The molecule has 3 fully saturated rings. The first kappa shape index (κ1) is 30.8. The molecule has 2 amide bonds. The van der Waals surface area contributed by atoms with Gasteiger partial charge in [0, 0.05) is 23.7 Å². The number of amides is 2. The first-order chi connectivity index (χ1) is 20.1. The highest BCUT2D eigenvalue weighted by Gasteiger charge is 2.55. The number of alkyl halides is 6. The second-order valence-electron chi connectivity index (χ2n) is 11.4. The van der Waals surface area contributed by atoms with Gasteiger partial charge in [0.05, 0.1) is 30.3 Å². The molecule has 0 radical (unpaired) electrons. The molecule has 43 heavy (non-hydrogen) atoms. The van der Waals surface area contributed by atoms with Crippen LogP contribution in [0, 0.1) is 29.5 Å². The van der Waals surface area contributed by atoms with Crippen LogP contribution in [0.15, 0.2) is 48.0 Å². The van der Waals surface area contributed by atoms with Crippen molar-refractivity contribution >= 4 is 17.5 Å². The fourth-order valence-electron chi connectivity index (χ4n) is 6.72. The summed E-state index contributed by atoms with van der Waals surface area (Å²) < 4.78 is 99.2. The highest BCUT2D eigenvalue weighted by atomic mass is 19.4. The molecule has 0 spiro atoms. The Bertz CT molecular complexity index is 1430. The molecular formula is C30H29F7N2O4. The Kier molecular flexibility index (Phi) is 8.23. The first-order valence-corrected chi connectivity index (χ1v) is 13.8. The number of hydrogen-bond donors (Lipinski definition) is 3. The predicted octanol–water partition coefficient (Wildman–Crippen LogP) is 6.05. The molecule has 0 aromatic heterocycles. The molecule has 6 nitrogen and oxygen atoms in total. The molecule has 0 saturated heterocycles. The summed E-state index contributed by atoms with van der Waals surface area (Å²) >= 11 is 0. The van der Waals surface area contributed by atoms with Crippen LogP contribution in [0.4, 0.5) is 36.4 Å². The number of fused-ring (bicyclic) bond motifs is 2. The van der Waals surface area contributed by atoms with Gasteiger partial charge in [-0.05, 0) is 79.8 Å². The summed E-state index contributed by atoms with van der Waals surface area (Å²) in [6.45, 7) is 0. The fraction of sp³-hybridized carbons (Fsp3) is 0.467. The molecule has 13 heteroatoms. The van der Waals surface area contributed by atoms with E-state index in [1.54, 1.807) is 18.2 Å². The Morgan fingerprint density at radius 2 is 1.72 bits per heavy atom. The van der Waals surface area contributed by atoms with Crippen molar-refractivity contribution in [3.8, 4) is 5.75 Å². The van der Waals surface area contributed by atoms with Crippen molar-refractivity contribution < 1.29 is 50.2 Å². The molecular weight excluding hydrogens is 585 g/mol. The van der Waals surface area contributed by atoms with Crippen LogP contribution < -0.4 is 15.4 Å². The van der Waals surface area contributed by atoms with E-state index in [0.29, 0.717) is 31.4 Å². The van der Waals surface area contributed by atoms with Crippen LogP contribution in [0.3, 0.4) is 0 Å². The quantitative estimate of drug-likeness (QED) is 0.262. The van der Waals surface area contributed by atoms with Gasteiger partial charge in [0.1, 0.15) is 11.6 Å². The number of carbonyl (C=O) groups excluding carboxylic acids is 2. The fourth-order valence-corrected chi connectivity index (χ4v) is 6.72. The summed E-state index contributed by atoms with van der Waals surface area (Å²) in [4.78, 5) is 27.0. The maximum absolute atomic E-state index is 13.8. The van der Waals surface area contributed by atoms with Gasteiger partial charge in [-0.2, -0.15) is 26.3 Å². The third-order valence-electron chi connectivity index (χ3n) is 8.61. The van der Waals surface area contributed by atoms with E-state index < -0.39 is 59.3 Å². The van der Waals surface area contributed by atoms with E-state index in [0.717, 1.165) is 11.6 Å². The number of methoxy groups -OCH3 is 1. The van der Waals surface area contributed by atoms with Crippen LogP contribution in [0.1, 0.15) is 47.2 Å². The van der Waals surface area contributed by atoms with Crippen LogP contribution in [0.25, 0.3) is 0 Å². The van der Waals surface area contributed by atoms with Gasteiger partial charge in [-0.1, -0.05) is 11.6 Å². The van der Waals surface area contributed by atoms with Crippen LogP contribution in [-0.2, 0) is 17.4 Å². The molecule has 3 N–H and O–H groups in total. The molecule has 3 saturated carbocycles. The lowest BCUT2D eigenvalue weighted by molar-refractivity contribution is -0.140. The molecule has 2 aromatic rings. The third-order valence-corrected chi connectivity index (χ3v) is 8.61. The zero-order valence-corrected chi connectivity index (χ0v) is 22.9. The molecule has 232 valence electrons. The van der Waals surface area contributed by atoms with Crippen molar-refractivity contribution in [2.24, 2.45) is 23.7 Å². The Hall–Kier alpha value is -3.61. The minimum Gasteiger partial charge on any atom is -0.496 e. The van der Waals surface area contributed by atoms with Gasteiger partial charge in [-0.3, -0.25) is 9.59 Å². The number of nitrogens with one attached hydrogen (secondary N) is 2. The lowest BCUT2D eigenvalue weighted by atomic mass is 9.78. The van der Waals surface area contributed by atoms with Gasteiger partial charge in [0.2, 0.25) is 5.91 Å². The molecule has 0 aliphatic heterocycles. The first-order valence-electron chi connectivity index (χ1n) is 13.8. The molecule has 2 aromatic carbocycles. The second-order valence-corrected chi connectivity index (χ2v) is 11.4. The minimum absolute atomic E-state index is 0.0581. The lowest BCUT2D eigenvalue weighted by Gasteiger charge is -2.32. The third kappa shape index (κ3) is 6.51. The number of aliphatic hydroxyl groups excluding tert-OH is 1. The number of halogens is 7. The van der Waals surface area contributed by atoms with Crippen LogP contribution in [0.5, 0.6) is 5.75 Å². The van der Waals surface area contributed by atoms with Gasteiger partial charge in [-0.25, -0.2) is 4.39 Å². The van der Waals surface area contributed by atoms with Gasteiger partial charge in [-0.15, -0.1) is 0 Å². The SMILES string of the molecule is COc1ccc(CC2CC(O)C2)cc1C(=O)N[C@H]1[C@@H](C(=O)Nc2ccc(F)c(C(F)(F)F)c2)[C@H]2CC[C@@H]1/C2=C\C(F)(F)F. The van der Waals surface area contributed by atoms with E-state index in [-0.39, 0.29) is 53.5 Å². The average molecular weight is 615 g/mol. The number of benzene rings is 2. The smallest absolute Gasteiger partial charge is 0.419 e. The highest BCUT2D eigenvalue weighted by molar-refractivity contribution is 5.99. The molecule has 0 unspecified atom stereocenters. The summed E-state index contributed by atoms with van der Waals surface area (Å²) in [6, 6.07) is 5.74. The summed E-state index contributed by atoms with van der Waals surface area (Å²) in [5.41, 5.74) is -1.15. The Labute approximate surface area is 242 Å². The number of rotatable bonds is 7. The van der Waals surface area contributed by atoms with Crippen LogP contribution in [-0.4, -0.2) is 42.4 Å². The Morgan fingerprint density at radius 1 is 1.02 bits per heavy atom. The topological polar surface area (TPSA) is 87.7 Å². The summed E-state index contributed by atoms with van der Waals surface area (Å²) in [5.74, 6) is -5.68. The maximum Gasteiger partial charge on any atom is 0.419 e. The van der Waals surface area contributed by atoms with E-state index in [4.69, 9.17) is 4.74 Å². The number of allylic oxidation sites excluding steroid dienone is 1. The number of aliphatic hydroxyl groups is 1. The van der Waals surface area contributed by atoms with Crippen molar-refractivity contribution in [3.63, 3.8) is 0 Å². The molecule has 3 aliphatic rings. The summed E-state index contributed by atoms with van der Waals surface area (Å²) in [5, 5.41) is 14.6. The number of ether oxygens (including phenoxy) is 1. The summed E-state index contributed by atoms with van der Waals surface area (Å²) in [6.07, 6.45) is -7.64. The van der Waals surface area contributed by atoms with Crippen molar-refractivity contribution in [3.05, 3.63) is 70.6 Å². The Balaban J connectivity index is 1.43. The molecule has 3 aliphatic carbocycles. The zero-order chi connectivity index (χ0) is 31.3. The van der Waals surface area contributed by atoms with Crippen molar-refractivity contribution in [2.75, 3.05) is 12.4 Å². The van der Waals surface area contributed by atoms with E-state index in [1.165, 1.54) is 7.11 Å². The molecule has 0 heterocycles. The van der Waals surface area contributed by atoms with Gasteiger partial charge in [0.15, 0.2) is 0 Å². The van der Waals surface area contributed by atoms with E-state index in [1.807, 2.05) is 0 Å². The largest absolute Gasteiger partial charge is 0.496 e. The average Bonchev–Trinajstić information content (AvgIpc) is 3.41. The monoisotopic (exact) mass is 614 g/mol. The number of carbonyl (C=O) groups is 2. The van der Waals surface area contributed by atoms with Crippen molar-refractivity contribution in [1.29, 1.82) is 0 Å². The normalized spacial score (nSPS) is 27.6. The molecule has 5 rings (SSSR count). The zero-order valence-electron chi connectivity index (χ0n) is 22.9. The number of anilines is 1. The van der Waals surface area contributed by atoms with Crippen LogP contribution in [0.2, 0.25) is 0 Å². The van der Waals surface area contributed by atoms with Gasteiger partial charge < -0.3 is 20.5 Å². The maximum atomic E-state index is 13.8. The standard InChI is InChI=1S/C30H29F7N2O4/c1-43-24-7-2-14(8-15-9-17(40)10-15)11-20(24)27(41)39-26-19-5-4-18(21(19)13-29(32,33)34)25(26)28(42)38-16-3-6-23(31)22(12-16)30(35,36)37/h2-3,6-7,11-13,15,17-19,25-26,40H,4-5,8-10H2,1H3,(H,38,42)(H,39,41)/b21-13-/t15?,17?,18-,19+,25-,26+/m0/s1. The second kappa shape index (κ2) is 11.5. The summed E-state index contributed by atoms with van der Waals surface area (Å²) in [7, 11) is 1.35. The van der Waals surface area contributed by atoms with Gasteiger partial charge in [0.25, 0.3) is 5.91 Å². The lowest BCUT2D eigenvalue weighted by Crippen LogP contribution is -2.48. The Morgan fingerprint density at radius 3 is 2.35 bits per heavy atom. The van der Waals surface area contributed by atoms with Crippen LogP contribution >= 0.6 is 0 Å². The van der Waals surface area contributed by atoms with Gasteiger partial charge >= 0.3 is 12.4 Å². The minimum atomic E-state index is -5.04. The van der Waals surface area contributed by atoms with E-state index in [9.17, 15) is 45.4 Å². The predicted molar refractivity (Wildman–Crippen MR) is 141 cm³/mol. The molecule has 2 bridgehead atoms. The van der Waals surface area contributed by atoms with E-state index >= 15 is 0 Å². The molecule has 4 atom stereocenters. The highest BCUT2D eigenvalue weighted by Crippen LogP contribution is 2.54.